The largest absolute Gasteiger partial charge is 0.411 e. The molecule has 0 saturated heterocycles. The number of nitrogens with zero attached hydrogens (tertiary/aromatic N) is 1. The second-order valence-corrected chi connectivity index (χ2v) is 4.79. The first kappa shape index (κ1) is 13.4. The van der Waals surface area contributed by atoms with E-state index in [2.05, 4.69) is 5.16 Å². The quantitative estimate of drug-likeness (QED) is 0.495. The third-order valence-electron chi connectivity index (χ3n) is 1.95. The number of hydrogen-bond donors (Lipinski definition) is 2. The van der Waals surface area contributed by atoms with Gasteiger partial charge in [-0.05, 0) is 13.0 Å². The van der Waals surface area contributed by atoms with Crippen molar-refractivity contribution in [3.05, 3.63) is 29.8 Å². The second kappa shape index (κ2) is 5.09. The lowest BCUT2D eigenvalue weighted by molar-refractivity contribution is 0.236. The number of hydrogen-bond acceptors (Lipinski definition) is 4. The zero-order chi connectivity index (χ0) is 13.1. The Morgan fingerprint density at radius 3 is 2.53 bits per heavy atom. The van der Waals surface area contributed by atoms with Crippen molar-refractivity contribution in [2.75, 3.05) is 4.72 Å². The van der Waals surface area contributed by atoms with Crippen LogP contribution >= 0.6 is 0 Å². The van der Waals surface area contributed by atoms with E-state index in [1.807, 2.05) is 0 Å². The standard InChI is InChI=1S/C9H10F2N2O3S/c1-6(12-14)7-4-2-3-5-8(7)13-17(15,16)9(10)11/h2-5,9,13-14H,1H3/b12-6+. The molecule has 0 radical (unpaired) electrons. The van der Waals surface area contributed by atoms with Gasteiger partial charge in [0, 0.05) is 5.56 Å². The van der Waals surface area contributed by atoms with Crippen molar-refractivity contribution in [2.45, 2.75) is 12.7 Å². The highest BCUT2D eigenvalue weighted by Gasteiger charge is 2.24. The molecule has 0 aromatic heterocycles. The number of halogens is 2. The molecule has 5 nitrogen and oxygen atoms in total. The second-order valence-electron chi connectivity index (χ2n) is 3.14. The van der Waals surface area contributed by atoms with Crippen LogP contribution in [0.25, 0.3) is 0 Å². The van der Waals surface area contributed by atoms with Crippen LogP contribution in [0.2, 0.25) is 0 Å². The molecule has 0 spiro atoms. The maximum atomic E-state index is 12.2. The van der Waals surface area contributed by atoms with Crippen molar-refractivity contribution in [3.63, 3.8) is 0 Å². The summed E-state index contributed by atoms with van der Waals surface area (Å²) in [6.07, 6.45) is 0. The maximum absolute atomic E-state index is 12.2. The minimum Gasteiger partial charge on any atom is -0.411 e. The fraction of sp³-hybridized carbons (Fsp3) is 0.222. The summed E-state index contributed by atoms with van der Waals surface area (Å²) < 4.78 is 48.1. The molecule has 1 aromatic carbocycles. The number of rotatable bonds is 4. The van der Waals surface area contributed by atoms with E-state index in [9.17, 15) is 17.2 Å². The Kier molecular flexibility index (Phi) is 4.00. The topological polar surface area (TPSA) is 78.8 Å². The highest BCUT2D eigenvalue weighted by atomic mass is 32.2. The van der Waals surface area contributed by atoms with E-state index < -0.39 is 15.8 Å². The monoisotopic (exact) mass is 264 g/mol. The van der Waals surface area contributed by atoms with E-state index in [1.165, 1.54) is 25.1 Å². The van der Waals surface area contributed by atoms with Gasteiger partial charge in [0.25, 0.3) is 10.0 Å². The molecule has 0 saturated carbocycles. The molecular formula is C9H10F2N2O3S. The van der Waals surface area contributed by atoms with Crippen molar-refractivity contribution in [2.24, 2.45) is 5.16 Å². The molecule has 0 fully saturated rings. The SMILES string of the molecule is C/C(=N\O)c1ccccc1NS(=O)(=O)C(F)F. The van der Waals surface area contributed by atoms with Crippen molar-refractivity contribution < 1.29 is 22.4 Å². The summed E-state index contributed by atoms with van der Waals surface area (Å²) in [6, 6.07) is 5.77. The third-order valence-corrected chi connectivity index (χ3v) is 2.93. The van der Waals surface area contributed by atoms with Gasteiger partial charge in [0.15, 0.2) is 0 Å². The predicted molar refractivity (Wildman–Crippen MR) is 59.0 cm³/mol. The third kappa shape index (κ3) is 3.13. The van der Waals surface area contributed by atoms with E-state index in [0.717, 1.165) is 0 Å². The Morgan fingerprint density at radius 1 is 1.41 bits per heavy atom. The van der Waals surface area contributed by atoms with Gasteiger partial charge >= 0.3 is 5.76 Å². The van der Waals surface area contributed by atoms with Gasteiger partial charge in [-0.15, -0.1) is 0 Å². The molecule has 0 unspecified atom stereocenters. The van der Waals surface area contributed by atoms with Gasteiger partial charge in [-0.25, -0.2) is 8.42 Å². The Morgan fingerprint density at radius 2 is 2.00 bits per heavy atom. The fourth-order valence-corrected chi connectivity index (χ4v) is 1.71. The first-order valence-corrected chi connectivity index (χ1v) is 6.01. The van der Waals surface area contributed by atoms with Crippen LogP contribution in [0.1, 0.15) is 12.5 Å². The van der Waals surface area contributed by atoms with Gasteiger partial charge in [-0.2, -0.15) is 8.78 Å². The Balaban J connectivity index is 3.17. The molecule has 0 amide bonds. The molecule has 0 bridgehead atoms. The molecule has 0 atom stereocenters. The van der Waals surface area contributed by atoms with Crippen molar-refractivity contribution in [1.82, 2.24) is 0 Å². The van der Waals surface area contributed by atoms with E-state index in [4.69, 9.17) is 5.21 Å². The summed E-state index contributed by atoms with van der Waals surface area (Å²) in [5.74, 6) is -3.53. The number of benzene rings is 1. The number of alkyl halides is 2. The van der Waals surface area contributed by atoms with Crippen molar-refractivity contribution in [3.8, 4) is 0 Å². The molecule has 0 aliphatic heterocycles. The van der Waals surface area contributed by atoms with Gasteiger partial charge in [-0.1, -0.05) is 23.4 Å². The van der Waals surface area contributed by atoms with Gasteiger partial charge < -0.3 is 5.21 Å². The Hall–Kier alpha value is -1.70. The van der Waals surface area contributed by atoms with Crippen molar-refractivity contribution in [1.29, 1.82) is 0 Å². The molecule has 0 heterocycles. The van der Waals surface area contributed by atoms with Crippen LogP contribution < -0.4 is 4.72 Å². The molecule has 8 heteroatoms. The summed E-state index contributed by atoms with van der Waals surface area (Å²) in [7, 11) is -4.74. The molecule has 0 aliphatic rings. The summed E-state index contributed by atoms with van der Waals surface area (Å²) in [5.41, 5.74) is 0.264. The van der Waals surface area contributed by atoms with Crippen molar-refractivity contribution >= 4 is 21.4 Å². The van der Waals surface area contributed by atoms with Crippen LogP contribution in [0.5, 0.6) is 0 Å². The summed E-state index contributed by atoms with van der Waals surface area (Å²) in [4.78, 5) is 0. The summed E-state index contributed by atoms with van der Waals surface area (Å²) >= 11 is 0. The lowest BCUT2D eigenvalue weighted by Gasteiger charge is -2.10. The smallest absolute Gasteiger partial charge is 0.355 e. The lowest BCUT2D eigenvalue weighted by atomic mass is 10.1. The molecular weight excluding hydrogens is 254 g/mol. The minimum absolute atomic E-state index is 0.0666. The Labute approximate surface area is 96.8 Å². The van der Waals surface area contributed by atoms with Gasteiger partial charge in [0.2, 0.25) is 0 Å². The first-order valence-electron chi connectivity index (χ1n) is 4.46. The molecule has 1 rings (SSSR count). The predicted octanol–water partition coefficient (Wildman–Crippen LogP) is 1.85. The molecule has 1 aromatic rings. The number of oxime groups is 1. The van der Waals surface area contributed by atoms with Crippen LogP contribution in [0.4, 0.5) is 14.5 Å². The average Bonchev–Trinajstić information content (AvgIpc) is 2.28. The average molecular weight is 264 g/mol. The van der Waals surface area contributed by atoms with E-state index in [-0.39, 0.29) is 17.0 Å². The van der Waals surface area contributed by atoms with Crippen LogP contribution in [-0.2, 0) is 10.0 Å². The zero-order valence-electron chi connectivity index (χ0n) is 8.76. The highest BCUT2D eigenvalue weighted by Crippen LogP contribution is 2.19. The van der Waals surface area contributed by atoms with Crippen LogP contribution in [0.15, 0.2) is 29.4 Å². The molecule has 0 aliphatic carbocycles. The number of anilines is 1. The summed E-state index contributed by atoms with van der Waals surface area (Å²) in [5, 5.41) is 11.5. The lowest BCUT2D eigenvalue weighted by Crippen LogP contribution is -2.21. The van der Waals surface area contributed by atoms with Gasteiger partial charge in [0.1, 0.15) is 0 Å². The van der Waals surface area contributed by atoms with Gasteiger partial charge in [-0.3, -0.25) is 4.72 Å². The van der Waals surface area contributed by atoms with E-state index in [0.29, 0.717) is 0 Å². The van der Waals surface area contributed by atoms with Crippen LogP contribution in [0.3, 0.4) is 0 Å². The molecule has 94 valence electrons. The Bertz CT molecular complexity index is 529. The number of para-hydroxylation sites is 1. The molecule has 2 N–H and O–H groups in total. The van der Waals surface area contributed by atoms with Gasteiger partial charge in [0.05, 0.1) is 11.4 Å². The highest BCUT2D eigenvalue weighted by molar-refractivity contribution is 7.93. The van der Waals surface area contributed by atoms with Crippen LogP contribution in [-0.4, -0.2) is 25.1 Å². The normalized spacial score (nSPS) is 12.8. The zero-order valence-corrected chi connectivity index (χ0v) is 9.58. The first-order chi connectivity index (χ1) is 7.88. The summed E-state index contributed by atoms with van der Waals surface area (Å²) in [6.45, 7) is 1.41. The fourth-order valence-electron chi connectivity index (χ4n) is 1.14. The molecule has 17 heavy (non-hydrogen) atoms. The number of nitrogens with one attached hydrogen (secondary N) is 1. The number of sulfonamides is 1. The van der Waals surface area contributed by atoms with E-state index >= 15 is 0 Å². The van der Waals surface area contributed by atoms with E-state index in [1.54, 1.807) is 10.8 Å². The van der Waals surface area contributed by atoms with Crippen LogP contribution in [0, 0.1) is 0 Å². The minimum atomic E-state index is -4.74. The maximum Gasteiger partial charge on any atom is 0.355 e.